The molecule has 4 nitrogen and oxygen atoms in total. The number of halogens is 1. The van der Waals surface area contributed by atoms with Crippen LogP contribution in [0.3, 0.4) is 0 Å². The molecular formula is C13H16FN3OS. The molecule has 0 amide bonds. The average Bonchev–Trinajstić information content (AvgIpc) is 2.69. The molecule has 1 saturated heterocycles. The predicted molar refractivity (Wildman–Crippen MR) is 74.3 cm³/mol. The molecule has 1 aromatic carbocycles. The second-order valence-corrected chi connectivity index (χ2v) is 5.32. The molecule has 2 aromatic rings. The molecule has 1 aliphatic rings. The number of nitrogens with one attached hydrogen (secondary N) is 1. The standard InChI is InChI=1S/C13H16FN3OS/c1-16-5-6-18-9(7-16)8-17-11-4-2-3-10(14)12(11)15-13(17)19/h2-4,9H,5-8H2,1H3,(H,15,19). The number of aromatic nitrogens is 2. The van der Waals surface area contributed by atoms with Crippen molar-refractivity contribution in [2.45, 2.75) is 12.6 Å². The number of morpholine rings is 1. The van der Waals surface area contributed by atoms with E-state index < -0.39 is 0 Å². The summed E-state index contributed by atoms with van der Waals surface area (Å²) in [6.07, 6.45) is 0.0905. The largest absolute Gasteiger partial charge is 0.374 e. The van der Waals surface area contributed by atoms with Crippen molar-refractivity contribution in [2.75, 3.05) is 26.7 Å². The molecule has 0 bridgehead atoms. The normalized spacial score (nSPS) is 21.1. The smallest absolute Gasteiger partial charge is 0.178 e. The fourth-order valence-corrected chi connectivity index (χ4v) is 2.78. The van der Waals surface area contributed by atoms with E-state index in [1.807, 2.05) is 10.6 Å². The highest BCUT2D eigenvalue weighted by atomic mass is 32.1. The lowest BCUT2D eigenvalue weighted by atomic mass is 10.2. The summed E-state index contributed by atoms with van der Waals surface area (Å²) in [5.41, 5.74) is 1.26. The van der Waals surface area contributed by atoms with Crippen LogP contribution >= 0.6 is 12.2 Å². The fourth-order valence-electron chi connectivity index (χ4n) is 2.51. The number of imidazole rings is 1. The minimum absolute atomic E-state index is 0.0905. The monoisotopic (exact) mass is 281 g/mol. The number of rotatable bonds is 2. The second kappa shape index (κ2) is 5.03. The van der Waals surface area contributed by atoms with Crippen LogP contribution in [0.15, 0.2) is 18.2 Å². The van der Waals surface area contributed by atoms with Crippen LogP contribution in [0.25, 0.3) is 11.0 Å². The van der Waals surface area contributed by atoms with Gasteiger partial charge >= 0.3 is 0 Å². The second-order valence-electron chi connectivity index (χ2n) is 4.93. The number of para-hydroxylation sites is 1. The highest BCUT2D eigenvalue weighted by Crippen LogP contribution is 2.18. The molecule has 1 atom stereocenters. The highest BCUT2D eigenvalue weighted by Gasteiger charge is 2.19. The van der Waals surface area contributed by atoms with E-state index in [4.69, 9.17) is 17.0 Å². The molecule has 0 radical (unpaired) electrons. The number of hydrogen-bond acceptors (Lipinski definition) is 3. The summed E-state index contributed by atoms with van der Waals surface area (Å²) in [5, 5.41) is 0. The van der Waals surface area contributed by atoms with Gasteiger partial charge in [-0.15, -0.1) is 0 Å². The molecule has 1 aromatic heterocycles. The molecule has 2 heterocycles. The first kappa shape index (κ1) is 12.8. The molecule has 19 heavy (non-hydrogen) atoms. The SMILES string of the molecule is CN1CCOC(Cn2c(=S)[nH]c3c(F)cccc32)C1. The van der Waals surface area contributed by atoms with Crippen molar-refractivity contribution in [3.63, 3.8) is 0 Å². The lowest BCUT2D eigenvalue weighted by Crippen LogP contribution is -2.41. The number of hydrogen-bond donors (Lipinski definition) is 1. The van der Waals surface area contributed by atoms with Gasteiger partial charge in [-0.3, -0.25) is 0 Å². The Morgan fingerprint density at radius 1 is 1.53 bits per heavy atom. The summed E-state index contributed by atoms with van der Waals surface area (Å²) in [7, 11) is 2.07. The van der Waals surface area contributed by atoms with Crippen LogP contribution in [0.5, 0.6) is 0 Å². The topological polar surface area (TPSA) is 33.2 Å². The highest BCUT2D eigenvalue weighted by molar-refractivity contribution is 7.71. The van der Waals surface area contributed by atoms with Gasteiger partial charge in [-0.2, -0.15) is 0 Å². The zero-order valence-corrected chi connectivity index (χ0v) is 11.5. The van der Waals surface area contributed by atoms with E-state index in [2.05, 4.69) is 16.9 Å². The van der Waals surface area contributed by atoms with E-state index in [9.17, 15) is 4.39 Å². The molecule has 102 valence electrons. The van der Waals surface area contributed by atoms with Gasteiger partial charge in [-0.05, 0) is 31.4 Å². The minimum Gasteiger partial charge on any atom is -0.374 e. The zero-order chi connectivity index (χ0) is 13.4. The van der Waals surface area contributed by atoms with Gasteiger partial charge in [-0.1, -0.05) is 6.07 Å². The van der Waals surface area contributed by atoms with E-state index in [0.717, 1.165) is 25.2 Å². The summed E-state index contributed by atoms with van der Waals surface area (Å²) in [5.74, 6) is -0.274. The Labute approximate surface area is 115 Å². The zero-order valence-electron chi connectivity index (χ0n) is 10.7. The number of benzene rings is 1. The van der Waals surface area contributed by atoms with E-state index in [-0.39, 0.29) is 11.9 Å². The van der Waals surface area contributed by atoms with Crippen LogP contribution in [0, 0.1) is 10.6 Å². The van der Waals surface area contributed by atoms with Crippen LogP contribution in [0.2, 0.25) is 0 Å². The third-order valence-electron chi connectivity index (χ3n) is 3.49. The number of aromatic amines is 1. The molecule has 1 unspecified atom stereocenters. The van der Waals surface area contributed by atoms with Gasteiger partial charge in [0, 0.05) is 13.1 Å². The van der Waals surface area contributed by atoms with Crippen molar-refractivity contribution >= 4 is 23.3 Å². The summed E-state index contributed by atoms with van der Waals surface area (Å²) < 4.78 is 21.9. The van der Waals surface area contributed by atoms with Crippen molar-refractivity contribution in [3.8, 4) is 0 Å². The maximum Gasteiger partial charge on any atom is 0.178 e. The molecule has 0 spiro atoms. The van der Waals surface area contributed by atoms with Gasteiger partial charge in [0.1, 0.15) is 11.3 Å². The van der Waals surface area contributed by atoms with E-state index >= 15 is 0 Å². The number of likely N-dealkylation sites (N-methyl/N-ethyl adjacent to an activating group) is 1. The summed E-state index contributed by atoms with van der Waals surface area (Å²) in [6, 6.07) is 5.00. The van der Waals surface area contributed by atoms with Crippen molar-refractivity contribution in [1.29, 1.82) is 0 Å². The maximum atomic E-state index is 13.7. The first-order chi connectivity index (χ1) is 9.15. The van der Waals surface area contributed by atoms with Crippen molar-refractivity contribution in [1.82, 2.24) is 14.5 Å². The third-order valence-corrected chi connectivity index (χ3v) is 3.81. The molecule has 1 fully saturated rings. The molecule has 1 N–H and O–H groups in total. The predicted octanol–water partition coefficient (Wildman–Crippen LogP) is 2.17. The molecular weight excluding hydrogens is 265 g/mol. The van der Waals surface area contributed by atoms with Crippen molar-refractivity contribution in [3.05, 3.63) is 28.8 Å². The Kier molecular flexibility index (Phi) is 3.38. The first-order valence-electron chi connectivity index (χ1n) is 6.32. The molecule has 0 aliphatic carbocycles. The van der Waals surface area contributed by atoms with Crippen LogP contribution < -0.4 is 0 Å². The number of nitrogens with zero attached hydrogens (tertiary/aromatic N) is 2. The van der Waals surface area contributed by atoms with Crippen molar-refractivity contribution < 1.29 is 9.13 Å². The summed E-state index contributed by atoms with van der Waals surface area (Å²) in [6.45, 7) is 3.19. The van der Waals surface area contributed by atoms with Gasteiger partial charge in [0.25, 0.3) is 0 Å². The first-order valence-corrected chi connectivity index (χ1v) is 6.73. The molecule has 6 heteroatoms. The molecule has 0 saturated carbocycles. The van der Waals surface area contributed by atoms with Crippen LogP contribution in [0.4, 0.5) is 4.39 Å². The summed E-state index contributed by atoms with van der Waals surface area (Å²) in [4.78, 5) is 5.16. The van der Waals surface area contributed by atoms with Crippen LogP contribution in [0.1, 0.15) is 0 Å². The van der Waals surface area contributed by atoms with Crippen LogP contribution in [-0.2, 0) is 11.3 Å². The van der Waals surface area contributed by atoms with Gasteiger partial charge in [0.2, 0.25) is 0 Å². The Morgan fingerprint density at radius 3 is 3.16 bits per heavy atom. The molecule has 1 aliphatic heterocycles. The Balaban J connectivity index is 1.94. The fraction of sp³-hybridized carbons (Fsp3) is 0.462. The van der Waals surface area contributed by atoms with Crippen LogP contribution in [-0.4, -0.2) is 47.3 Å². The lowest BCUT2D eigenvalue weighted by Gasteiger charge is -2.30. The van der Waals surface area contributed by atoms with Gasteiger partial charge in [-0.25, -0.2) is 4.39 Å². The lowest BCUT2D eigenvalue weighted by molar-refractivity contribution is -0.0271. The van der Waals surface area contributed by atoms with E-state index in [1.54, 1.807) is 6.07 Å². The minimum atomic E-state index is -0.274. The number of fused-ring (bicyclic) bond motifs is 1. The molecule has 3 rings (SSSR count). The number of ether oxygens (including phenoxy) is 1. The quantitative estimate of drug-likeness (QED) is 0.857. The average molecular weight is 281 g/mol. The van der Waals surface area contributed by atoms with E-state index in [0.29, 0.717) is 16.8 Å². The van der Waals surface area contributed by atoms with Gasteiger partial charge in [0.05, 0.1) is 24.8 Å². The Morgan fingerprint density at radius 2 is 2.37 bits per heavy atom. The number of H-pyrrole nitrogens is 1. The third kappa shape index (κ3) is 2.43. The Hall–Kier alpha value is -1.24. The van der Waals surface area contributed by atoms with Crippen molar-refractivity contribution in [2.24, 2.45) is 0 Å². The van der Waals surface area contributed by atoms with Gasteiger partial charge < -0.3 is 19.2 Å². The summed E-state index contributed by atoms with van der Waals surface area (Å²) >= 11 is 5.28. The maximum absolute atomic E-state index is 13.7. The Bertz CT molecular complexity index is 651. The van der Waals surface area contributed by atoms with Gasteiger partial charge in [0.15, 0.2) is 4.77 Å². The van der Waals surface area contributed by atoms with E-state index in [1.165, 1.54) is 6.07 Å².